The van der Waals surface area contributed by atoms with Crippen LogP contribution in [0.15, 0.2) is 42.5 Å². The molecule has 1 rings (SSSR count). The Hall–Kier alpha value is -1.75. The van der Waals surface area contributed by atoms with Gasteiger partial charge in [0.25, 0.3) is 0 Å². The van der Waals surface area contributed by atoms with E-state index in [1.54, 1.807) is 6.08 Å². The first-order valence-electron chi connectivity index (χ1n) is 4.11. The van der Waals surface area contributed by atoms with Gasteiger partial charge in [0, 0.05) is 6.08 Å². The summed E-state index contributed by atoms with van der Waals surface area (Å²) in [6.07, 6.45) is 3.07. The average Bonchev–Trinajstić information content (AvgIpc) is 2.16. The normalized spacial score (nSPS) is 12.3. The first-order valence-corrected chi connectivity index (χ1v) is 4.11. The minimum Gasteiger partial charge on any atom is -0.487 e. The van der Waals surface area contributed by atoms with E-state index in [0.717, 1.165) is 5.75 Å². The van der Waals surface area contributed by atoms with Gasteiger partial charge in [-0.3, -0.25) is 0 Å². The molecule has 0 saturated heterocycles. The van der Waals surface area contributed by atoms with Crippen LogP contribution < -0.4 is 4.74 Å². The van der Waals surface area contributed by atoms with Gasteiger partial charge in [-0.15, -0.1) is 0 Å². The van der Waals surface area contributed by atoms with E-state index in [2.05, 4.69) is 0 Å². The summed E-state index contributed by atoms with van der Waals surface area (Å²) in [6, 6.07) is 11.5. The molecule has 0 aliphatic carbocycles. The van der Waals surface area contributed by atoms with E-state index in [4.69, 9.17) is 10.00 Å². The van der Waals surface area contributed by atoms with E-state index in [0.29, 0.717) is 0 Å². The zero-order valence-electron chi connectivity index (χ0n) is 7.47. The molecular formula is C11H11NO. The van der Waals surface area contributed by atoms with Crippen molar-refractivity contribution in [2.45, 2.75) is 13.0 Å². The highest BCUT2D eigenvalue weighted by Gasteiger charge is 1.96. The molecule has 2 heteroatoms. The fourth-order valence-corrected chi connectivity index (χ4v) is 0.932. The van der Waals surface area contributed by atoms with Gasteiger partial charge in [0.05, 0.1) is 6.07 Å². The summed E-state index contributed by atoms with van der Waals surface area (Å²) in [5, 5.41) is 8.29. The second kappa shape index (κ2) is 5.00. The van der Waals surface area contributed by atoms with E-state index in [9.17, 15) is 0 Å². The van der Waals surface area contributed by atoms with Crippen molar-refractivity contribution in [3.63, 3.8) is 0 Å². The van der Waals surface area contributed by atoms with Crippen molar-refractivity contribution in [3.8, 4) is 11.8 Å². The lowest BCUT2D eigenvalue weighted by Crippen LogP contribution is -2.07. The van der Waals surface area contributed by atoms with E-state index >= 15 is 0 Å². The molecule has 66 valence electrons. The summed E-state index contributed by atoms with van der Waals surface area (Å²) in [5.74, 6) is 0.817. The molecule has 0 fully saturated rings. The van der Waals surface area contributed by atoms with Crippen LogP contribution in [-0.4, -0.2) is 6.10 Å². The molecular weight excluding hydrogens is 162 g/mol. The largest absolute Gasteiger partial charge is 0.487 e. The van der Waals surface area contributed by atoms with Crippen molar-refractivity contribution in [1.29, 1.82) is 5.26 Å². The summed E-state index contributed by atoms with van der Waals surface area (Å²) in [5.41, 5.74) is 0. The third-order valence-electron chi connectivity index (χ3n) is 1.51. The summed E-state index contributed by atoms with van der Waals surface area (Å²) >= 11 is 0. The summed E-state index contributed by atoms with van der Waals surface area (Å²) in [4.78, 5) is 0. The van der Waals surface area contributed by atoms with Gasteiger partial charge in [-0.2, -0.15) is 5.26 Å². The maximum absolute atomic E-state index is 8.29. The topological polar surface area (TPSA) is 33.0 Å². The second-order valence-electron chi connectivity index (χ2n) is 2.62. The predicted molar refractivity (Wildman–Crippen MR) is 51.3 cm³/mol. The molecule has 0 bridgehead atoms. The molecule has 0 amide bonds. The maximum atomic E-state index is 8.29. The Labute approximate surface area is 78.1 Å². The van der Waals surface area contributed by atoms with Crippen molar-refractivity contribution in [1.82, 2.24) is 0 Å². The van der Waals surface area contributed by atoms with Gasteiger partial charge < -0.3 is 4.74 Å². The minimum absolute atomic E-state index is 0.0675. The first-order chi connectivity index (χ1) is 6.33. The van der Waals surface area contributed by atoms with Crippen LogP contribution in [0.1, 0.15) is 6.92 Å². The zero-order valence-corrected chi connectivity index (χ0v) is 7.47. The lowest BCUT2D eigenvalue weighted by Gasteiger charge is -2.09. The quantitative estimate of drug-likeness (QED) is 0.658. The van der Waals surface area contributed by atoms with Gasteiger partial charge >= 0.3 is 0 Å². The SMILES string of the molecule is C[C@H](/C=C/C#N)Oc1ccccc1. The molecule has 0 aliphatic rings. The Morgan fingerprint density at radius 1 is 1.38 bits per heavy atom. The number of para-hydroxylation sites is 1. The van der Waals surface area contributed by atoms with Crippen LogP contribution in [0.4, 0.5) is 0 Å². The van der Waals surface area contributed by atoms with E-state index in [1.165, 1.54) is 6.08 Å². The van der Waals surface area contributed by atoms with Crippen molar-refractivity contribution in [2.24, 2.45) is 0 Å². The minimum atomic E-state index is -0.0675. The predicted octanol–water partition coefficient (Wildman–Crippen LogP) is 2.53. The summed E-state index contributed by atoms with van der Waals surface area (Å²) in [6.45, 7) is 1.89. The molecule has 0 aromatic heterocycles. The average molecular weight is 173 g/mol. The van der Waals surface area contributed by atoms with E-state index < -0.39 is 0 Å². The third-order valence-corrected chi connectivity index (χ3v) is 1.51. The van der Waals surface area contributed by atoms with E-state index in [-0.39, 0.29) is 6.10 Å². The number of ether oxygens (including phenoxy) is 1. The number of hydrogen-bond acceptors (Lipinski definition) is 2. The molecule has 0 N–H and O–H groups in total. The number of hydrogen-bond donors (Lipinski definition) is 0. The molecule has 0 heterocycles. The lowest BCUT2D eigenvalue weighted by molar-refractivity contribution is 0.270. The Bertz CT molecular complexity index is 311. The highest BCUT2D eigenvalue weighted by atomic mass is 16.5. The molecule has 0 radical (unpaired) electrons. The van der Waals surface area contributed by atoms with Crippen LogP contribution in [-0.2, 0) is 0 Å². The fourth-order valence-electron chi connectivity index (χ4n) is 0.932. The van der Waals surface area contributed by atoms with Gasteiger partial charge in [-0.1, -0.05) is 18.2 Å². The maximum Gasteiger partial charge on any atom is 0.120 e. The molecule has 0 aliphatic heterocycles. The molecule has 0 unspecified atom stereocenters. The smallest absolute Gasteiger partial charge is 0.120 e. The Balaban J connectivity index is 2.51. The molecule has 2 nitrogen and oxygen atoms in total. The van der Waals surface area contributed by atoms with Crippen LogP contribution in [0.5, 0.6) is 5.75 Å². The molecule has 13 heavy (non-hydrogen) atoms. The zero-order chi connectivity index (χ0) is 9.52. The van der Waals surface area contributed by atoms with Gasteiger partial charge in [-0.05, 0) is 25.1 Å². The number of benzene rings is 1. The molecule has 0 spiro atoms. The van der Waals surface area contributed by atoms with Gasteiger partial charge in [0.15, 0.2) is 0 Å². The lowest BCUT2D eigenvalue weighted by atomic mass is 10.3. The fraction of sp³-hybridized carbons (Fsp3) is 0.182. The number of nitrogens with zero attached hydrogens (tertiary/aromatic N) is 1. The highest BCUT2D eigenvalue weighted by Crippen LogP contribution is 2.10. The van der Waals surface area contributed by atoms with Crippen molar-refractivity contribution < 1.29 is 4.74 Å². The molecule has 0 saturated carbocycles. The second-order valence-corrected chi connectivity index (χ2v) is 2.62. The van der Waals surface area contributed by atoms with Crippen LogP contribution in [0.3, 0.4) is 0 Å². The third kappa shape index (κ3) is 3.44. The molecule has 1 aromatic carbocycles. The van der Waals surface area contributed by atoms with E-state index in [1.807, 2.05) is 43.3 Å². The Morgan fingerprint density at radius 2 is 2.08 bits per heavy atom. The number of rotatable bonds is 3. The number of allylic oxidation sites excluding steroid dienone is 1. The van der Waals surface area contributed by atoms with Crippen molar-refractivity contribution in [3.05, 3.63) is 42.5 Å². The summed E-state index contributed by atoms with van der Waals surface area (Å²) in [7, 11) is 0. The standard InChI is InChI=1S/C11H11NO/c1-10(6-5-9-12)13-11-7-3-2-4-8-11/h2-8,10H,1H3/b6-5+/t10-/m1/s1. The van der Waals surface area contributed by atoms with Crippen molar-refractivity contribution >= 4 is 0 Å². The van der Waals surface area contributed by atoms with Gasteiger partial charge in [0.2, 0.25) is 0 Å². The Kier molecular flexibility index (Phi) is 3.59. The van der Waals surface area contributed by atoms with Crippen molar-refractivity contribution in [2.75, 3.05) is 0 Å². The summed E-state index contributed by atoms with van der Waals surface area (Å²) < 4.78 is 5.48. The van der Waals surface area contributed by atoms with Gasteiger partial charge in [-0.25, -0.2) is 0 Å². The van der Waals surface area contributed by atoms with Crippen LogP contribution >= 0.6 is 0 Å². The molecule has 1 atom stereocenters. The Morgan fingerprint density at radius 3 is 2.69 bits per heavy atom. The van der Waals surface area contributed by atoms with Crippen LogP contribution in [0, 0.1) is 11.3 Å². The van der Waals surface area contributed by atoms with Crippen LogP contribution in [0.25, 0.3) is 0 Å². The monoisotopic (exact) mass is 173 g/mol. The first kappa shape index (κ1) is 9.34. The molecule has 1 aromatic rings. The van der Waals surface area contributed by atoms with Gasteiger partial charge in [0.1, 0.15) is 11.9 Å². The van der Waals surface area contributed by atoms with Crippen LogP contribution in [0.2, 0.25) is 0 Å². The number of nitriles is 1. The highest BCUT2D eigenvalue weighted by molar-refractivity contribution is 5.22.